The number of halogens is 3. The number of carbonyl (C=O) groups excluding carboxylic acids is 1. The molecule has 1 N–H and O–H groups in total. The summed E-state index contributed by atoms with van der Waals surface area (Å²) >= 11 is 0. The van der Waals surface area contributed by atoms with E-state index in [9.17, 15) is 18.0 Å². The van der Waals surface area contributed by atoms with E-state index in [1.54, 1.807) is 6.07 Å². The highest BCUT2D eigenvalue weighted by atomic mass is 19.4. The van der Waals surface area contributed by atoms with Crippen molar-refractivity contribution in [2.75, 3.05) is 19.8 Å². The van der Waals surface area contributed by atoms with Crippen molar-refractivity contribution < 1.29 is 27.4 Å². The summed E-state index contributed by atoms with van der Waals surface area (Å²) in [4.78, 5) is 12.3. The fourth-order valence-corrected chi connectivity index (χ4v) is 3.50. The SMILES string of the molecule is O=C(N[C@@H]1CCC[C@@H]1c1ccccc1C(F)(F)F)[C@@H]1COCCO1. The number of hydrogen-bond acceptors (Lipinski definition) is 3. The molecule has 2 fully saturated rings. The summed E-state index contributed by atoms with van der Waals surface area (Å²) in [7, 11) is 0. The molecule has 1 heterocycles. The second-order valence-electron chi connectivity index (χ2n) is 6.17. The predicted molar refractivity (Wildman–Crippen MR) is 80.5 cm³/mol. The standard InChI is InChI=1S/C17H20F3NO3/c18-17(19,20)13-6-2-1-4-11(13)12-5-3-7-14(12)21-16(22)15-10-23-8-9-24-15/h1-2,4,6,12,14-15H,3,5,7-10H2,(H,21,22)/t12-,14-,15+/m1/s1. The molecule has 1 aromatic rings. The highest BCUT2D eigenvalue weighted by Crippen LogP contribution is 2.41. The maximum Gasteiger partial charge on any atom is 0.416 e. The van der Waals surface area contributed by atoms with Crippen LogP contribution < -0.4 is 5.32 Å². The minimum absolute atomic E-state index is 0.183. The Morgan fingerprint density at radius 2 is 1.96 bits per heavy atom. The molecule has 132 valence electrons. The average molecular weight is 343 g/mol. The van der Waals surface area contributed by atoms with Crippen LogP contribution in [0.5, 0.6) is 0 Å². The van der Waals surface area contributed by atoms with Gasteiger partial charge in [-0.15, -0.1) is 0 Å². The molecule has 1 saturated heterocycles. The zero-order valence-corrected chi connectivity index (χ0v) is 13.1. The quantitative estimate of drug-likeness (QED) is 0.918. The lowest BCUT2D eigenvalue weighted by Crippen LogP contribution is -2.47. The van der Waals surface area contributed by atoms with Gasteiger partial charge in [-0.1, -0.05) is 24.6 Å². The Bertz CT molecular complexity index is 585. The summed E-state index contributed by atoms with van der Waals surface area (Å²) in [6, 6.07) is 5.30. The highest BCUT2D eigenvalue weighted by molar-refractivity contribution is 5.81. The van der Waals surface area contributed by atoms with Crippen molar-refractivity contribution in [3.63, 3.8) is 0 Å². The number of hydrogen-bond donors (Lipinski definition) is 1. The molecule has 0 bridgehead atoms. The Morgan fingerprint density at radius 1 is 1.17 bits per heavy atom. The number of ether oxygens (including phenoxy) is 2. The van der Waals surface area contributed by atoms with E-state index in [0.717, 1.165) is 12.5 Å². The van der Waals surface area contributed by atoms with Crippen LogP contribution in [0.3, 0.4) is 0 Å². The lowest BCUT2D eigenvalue weighted by atomic mass is 9.89. The van der Waals surface area contributed by atoms with Crippen LogP contribution in [0.2, 0.25) is 0 Å². The topological polar surface area (TPSA) is 47.6 Å². The normalized spacial score (nSPS) is 27.9. The smallest absolute Gasteiger partial charge is 0.376 e. The molecule has 0 aromatic heterocycles. The van der Waals surface area contributed by atoms with Gasteiger partial charge >= 0.3 is 6.18 Å². The number of nitrogens with one attached hydrogen (secondary N) is 1. The van der Waals surface area contributed by atoms with Crippen molar-refractivity contribution in [3.05, 3.63) is 35.4 Å². The first-order valence-corrected chi connectivity index (χ1v) is 8.12. The average Bonchev–Trinajstić information content (AvgIpc) is 3.03. The van der Waals surface area contributed by atoms with Crippen molar-refractivity contribution in [3.8, 4) is 0 Å². The third kappa shape index (κ3) is 3.72. The van der Waals surface area contributed by atoms with Gasteiger partial charge in [0.15, 0.2) is 6.10 Å². The van der Waals surface area contributed by atoms with Gasteiger partial charge in [-0.2, -0.15) is 13.2 Å². The molecule has 1 aliphatic heterocycles. The van der Waals surface area contributed by atoms with Crippen LogP contribution in [0.4, 0.5) is 13.2 Å². The highest BCUT2D eigenvalue weighted by Gasteiger charge is 2.39. The molecular formula is C17H20F3NO3. The summed E-state index contributed by atoms with van der Waals surface area (Å²) in [5, 5.41) is 2.86. The Labute approximate surface area is 138 Å². The second-order valence-corrected chi connectivity index (χ2v) is 6.17. The van der Waals surface area contributed by atoms with Crippen LogP contribution in [0.1, 0.15) is 36.3 Å². The summed E-state index contributed by atoms with van der Waals surface area (Å²) in [5.74, 6) is -0.646. The zero-order chi connectivity index (χ0) is 17.2. The first-order chi connectivity index (χ1) is 11.5. The summed E-state index contributed by atoms with van der Waals surface area (Å²) in [6.45, 7) is 0.986. The maximum absolute atomic E-state index is 13.3. The van der Waals surface area contributed by atoms with E-state index in [1.165, 1.54) is 12.1 Å². The van der Waals surface area contributed by atoms with E-state index in [1.807, 2.05) is 0 Å². The molecule has 3 rings (SSSR count). The van der Waals surface area contributed by atoms with E-state index < -0.39 is 17.8 Å². The lowest BCUT2D eigenvalue weighted by Gasteiger charge is -2.27. The van der Waals surface area contributed by atoms with E-state index in [2.05, 4.69) is 5.32 Å². The van der Waals surface area contributed by atoms with E-state index in [0.29, 0.717) is 26.1 Å². The third-order valence-corrected chi connectivity index (χ3v) is 4.62. The second kappa shape index (κ2) is 7.11. The minimum Gasteiger partial charge on any atom is -0.376 e. The molecular weight excluding hydrogens is 323 g/mol. The number of rotatable bonds is 3. The van der Waals surface area contributed by atoms with Crippen molar-refractivity contribution in [2.45, 2.75) is 43.5 Å². The van der Waals surface area contributed by atoms with Crippen molar-refractivity contribution >= 4 is 5.91 Å². The molecule has 24 heavy (non-hydrogen) atoms. The summed E-state index contributed by atoms with van der Waals surface area (Å²) in [5.41, 5.74) is -0.359. The Balaban J connectivity index is 1.75. The van der Waals surface area contributed by atoms with Crippen molar-refractivity contribution in [1.82, 2.24) is 5.32 Å². The number of carbonyl (C=O) groups is 1. The monoisotopic (exact) mass is 343 g/mol. The van der Waals surface area contributed by atoms with Crippen LogP contribution >= 0.6 is 0 Å². The molecule has 2 aliphatic rings. The Morgan fingerprint density at radius 3 is 2.67 bits per heavy atom. The number of benzene rings is 1. The van der Waals surface area contributed by atoms with Crippen LogP contribution in [-0.2, 0) is 20.4 Å². The summed E-state index contributed by atoms with van der Waals surface area (Å²) < 4.78 is 50.3. The zero-order valence-electron chi connectivity index (χ0n) is 13.1. The first-order valence-electron chi connectivity index (χ1n) is 8.12. The predicted octanol–water partition coefficient (Wildman–Crippen LogP) is 2.87. The molecule has 4 nitrogen and oxygen atoms in total. The molecule has 1 aromatic carbocycles. The van der Waals surface area contributed by atoms with Gasteiger partial charge < -0.3 is 14.8 Å². The van der Waals surface area contributed by atoms with Gasteiger partial charge in [-0.05, 0) is 24.5 Å². The number of alkyl halides is 3. The lowest BCUT2D eigenvalue weighted by molar-refractivity contribution is -0.148. The largest absolute Gasteiger partial charge is 0.416 e. The molecule has 7 heteroatoms. The Kier molecular flexibility index (Phi) is 5.10. The molecule has 1 saturated carbocycles. The van der Waals surface area contributed by atoms with Gasteiger partial charge in [-0.25, -0.2) is 0 Å². The summed E-state index contributed by atoms with van der Waals surface area (Å²) in [6.07, 6.45) is -3.01. The Hall–Kier alpha value is -1.60. The molecule has 0 spiro atoms. The maximum atomic E-state index is 13.3. The van der Waals surface area contributed by atoms with E-state index in [-0.39, 0.29) is 30.0 Å². The third-order valence-electron chi connectivity index (χ3n) is 4.62. The number of amides is 1. The fraction of sp³-hybridized carbons (Fsp3) is 0.588. The van der Waals surface area contributed by atoms with Gasteiger partial charge in [0, 0.05) is 12.0 Å². The van der Waals surface area contributed by atoms with Crippen LogP contribution in [0.25, 0.3) is 0 Å². The van der Waals surface area contributed by atoms with Gasteiger partial charge in [0.05, 0.1) is 25.4 Å². The van der Waals surface area contributed by atoms with Crippen LogP contribution in [0.15, 0.2) is 24.3 Å². The molecule has 0 radical (unpaired) electrons. The van der Waals surface area contributed by atoms with Crippen molar-refractivity contribution in [1.29, 1.82) is 0 Å². The van der Waals surface area contributed by atoms with Crippen LogP contribution in [0, 0.1) is 0 Å². The molecule has 3 atom stereocenters. The van der Waals surface area contributed by atoms with Gasteiger partial charge in [0.25, 0.3) is 5.91 Å². The van der Waals surface area contributed by atoms with Gasteiger partial charge in [0.2, 0.25) is 0 Å². The minimum atomic E-state index is -4.39. The van der Waals surface area contributed by atoms with Gasteiger partial charge in [0.1, 0.15) is 0 Å². The fourth-order valence-electron chi connectivity index (χ4n) is 3.50. The molecule has 1 amide bonds. The molecule has 1 aliphatic carbocycles. The van der Waals surface area contributed by atoms with Crippen LogP contribution in [-0.4, -0.2) is 37.9 Å². The molecule has 0 unspecified atom stereocenters. The van der Waals surface area contributed by atoms with Crippen molar-refractivity contribution in [2.24, 2.45) is 0 Å². The first kappa shape index (κ1) is 17.2. The van der Waals surface area contributed by atoms with E-state index in [4.69, 9.17) is 9.47 Å². The van der Waals surface area contributed by atoms with Gasteiger partial charge in [-0.3, -0.25) is 4.79 Å². The van der Waals surface area contributed by atoms with E-state index >= 15 is 0 Å².